The van der Waals surface area contributed by atoms with Gasteiger partial charge < -0.3 is 14.8 Å². The van der Waals surface area contributed by atoms with E-state index in [1.165, 1.54) is 12.8 Å². The maximum absolute atomic E-state index is 12.5. The summed E-state index contributed by atoms with van der Waals surface area (Å²) in [5, 5.41) is 3.37. The Balaban J connectivity index is 2.02. The first kappa shape index (κ1) is 14.1. The second-order valence-corrected chi connectivity index (χ2v) is 5.33. The van der Waals surface area contributed by atoms with Gasteiger partial charge in [0.2, 0.25) is 0 Å². The van der Waals surface area contributed by atoms with Gasteiger partial charge in [0.1, 0.15) is 5.69 Å². The summed E-state index contributed by atoms with van der Waals surface area (Å²) in [5.41, 5.74) is 0.683. The van der Waals surface area contributed by atoms with Crippen molar-refractivity contribution in [2.75, 3.05) is 26.2 Å². The first-order valence-corrected chi connectivity index (χ1v) is 7.18. The lowest BCUT2D eigenvalue weighted by molar-refractivity contribution is 0.0707. The zero-order valence-corrected chi connectivity index (χ0v) is 11.9. The Morgan fingerprint density at radius 3 is 2.84 bits per heavy atom. The molecule has 1 N–H and O–H groups in total. The number of rotatable bonds is 5. The van der Waals surface area contributed by atoms with Crippen molar-refractivity contribution < 1.29 is 4.79 Å². The van der Waals surface area contributed by atoms with Crippen LogP contribution in [-0.4, -0.2) is 46.5 Å². The van der Waals surface area contributed by atoms with Gasteiger partial charge in [-0.15, -0.1) is 0 Å². The second kappa shape index (κ2) is 6.70. The molecular formula is C14H24N4O. The minimum Gasteiger partial charge on any atom is -0.337 e. The standard InChI is InChI=1S/C14H24N4O/c1-3-8-18(10-12-4-6-15-7-5-12)14(19)13-9-16-11-17(13)2/h9,11-12,15H,3-8,10H2,1-2H3. The molecule has 2 heterocycles. The van der Waals surface area contributed by atoms with Gasteiger partial charge in [0, 0.05) is 20.1 Å². The van der Waals surface area contributed by atoms with Crippen LogP contribution in [0.15, 0.2) is 12.5 Å². The predicted molar refractivity (Wildman–Crippen MR) is 75.0 cm³/mol. The largest absolute Gasteiger partial charge is 0.337 e. The lowest BCUT2D eigenvalue weighted by Gasteiger charge is -2.30. The van der Waals surface area contributed by atoms with Crippen molar-refractivity contribution >= 4 is 5.91 Å². The van der Waals surface area contributed by atoms with Gasteiger partial charge >= 0.3 is 0 Å². The molecule has 0 atom stereocenters. The summed E-state index contributed by atoms with van der Waals surface area (Å²) in [4.78, 5) is 18.6. The van der Waals surface area contributed by atoms with Crippen molar-refractivity contribution in [2.45, 2.75) is 26.2 Å². The van der Waals surface area contributed by atoms with E-state index in [-0.39, 0.29) is 5.91 Å². The molecule has 1 aliphatic heterocycles. The number of carbonyl (C=O) groups is 1. The van der Waals surface area contributed by atoms with E-state index in [4.69, 9.17) is 0 Å². The van der Waals surface area contributed by atoms with Gasteiger partial charge in [-0.25, -0.2) is 4.98 Å². The fourth-order valence-corrected chi connectivity index (χ4v) is 2.65. The minimum atomic E-state index is 0.111. The lowest BCUT2D eigenvalue weighted by atomic mass is 9.97. The summed E-state index contributed by atoms with van der Waals surface area (Å²) < 4.78 is 1.80. The molecule has 1 saturated heterocycles. The van der Waals surface area contributed by atoms with Crippen LogP contribution in [0.1, 0.15) is 36.7 Å². The first-order chi connectivity index (χ1) is 9.22. The number of carbonyl (C=O) groups excluding carboxylic acids is 1. The van der Waals surface area contributed by atoms with Gasteiger partial charge in [-0.3, -0.25) is 4.79 Å². The van der Waals surface area contributed by atoms with Crippen molar-refractivity contribution in [3.8, 4) is 0 Å². The highest BCUT2D eigenvalue weighted by Gasteiger charge is 2.22. The van der Waals surface area contributed by atoms with E-state index in [0.717, 1.165) is 32.6 Å². The van der Waals surface area contributed by atoms with Gasteiger partial charge in [0.25, 0.3) is 5.91 Å². The van der Waals surface area contributed by atoms with E-state index >= 15 is 0 Å². The highest BCUT2D eigenvalue weighted by Crippen LogP contribution is 2.15. The van der Waals surface area contributed by atoms with Crippen molar-refractivity contribution in [3.63, 3.8) is 0 Å². The second-order valence-electron chi connectivity index (χ2n) is 5.33. The van der Waals surface area contributed by atoms with Crippen molar-refractivity contribution in [1.29, 1.82) is 0 Å². The average Bonchev–Trinajstić information content (AvgIpc) is 2.85. The Labute approximate surface area is 115 Å². The number of aromatic nitrogens is 2. The summed E-state index contributed by atoms with van der Waals surface area (Å²) in [6.07, 6.45) is 6.67. The number of imidazole rings is 1. The molecule has 0 saturated carbocycles. The van der Waals surface area contributed by atoms with Crippen LogP contribution in [-0.2, 0) is 7.05 Å². The van der Waals surface area contributed by atoms with Crippen LogP contribution < -0.4 is 5.32 Å². The van der Waals surface area contributed by atoms with E-state index in [1.807, 2.05) is 11.9 Å². The molecule has 19 heavy (non-hydrogen) atoms. The number of nitrogens with zero attached hydrogens (tertiary/aromatic N) is 3. The predicted octanol–water partition coefficient (Wildman–Crippen LogP) is 1.27. The van der Waals surface area contributed by atoms with Gasteiger partial charge in [-0.05, 0) is 38.3 Å². The van der Waals surface area contributed by atoms with Crippen LogP contribution in [0, 0.1) is 5.92 Å². The Hall–Kier alpha value is -1.36. The summed E-state index contributed by atoms with van der Waals surface area (Å²) in [5.74, 6) is 0.741. The third-order valence-electron chi connectivity index (χ3n) is 3.75. The van der Waals surface area contributed by atoms with Crippen LogP contribution in [0.4, 0.5) is 0 Å². The number of hydrogen-bond acceptors (Lipinski definition) is 3. The molecule has 0 radical (unpaired) electrons. The highest BCUT2D eigenvalue weighted by atomic mass is 16.2. The molecule has 5 nitrogen and oxygen atoms in total. The zero-order valence-electron chi connectivity index (χ0n) is 11.9. The SMILES string of the molecule is CCCN(CC1CCNCC1)C(=O)c1cncn1C. The summed E-state index contributed by atoms with van der Waals surface area (Å²) in [6.45, 7) is 5.97. The topological polar surface area (TPSA) is 50.2 Å². The van der Waals surface area contributed by atoms with E-state index in [1.54, 1.807) is 17.1 Å². The Morgan fingerprint density at radius 2 is 2.26 bits per heavy atom. The molecule has 0 aromatic carbocycles. The summed E-state index contributed by atoms with van der Waals surface area (Å²) in [7, 11) is 1.87. The van der Waals surface area contributed by atoms with Crippen LogP contribution in [0.2, 0.25) is 0 Å². The molecule has 0 spiro atoms. The smallest absolute Gasteiger partial charge is 0.272 e. The number of piperidine rings is 1. The quantitative estimate of drug-likeness (QED) is 0.871. The monoisotopic (exact) mass is 264 g/mol. The molecule has 1 fully saturated rings. The Kier molecular flexibility index (Phi) is 4.96. The molecule has 1 amide bonds. The van der Waals surface area contributed by atoms with E-state index in [9.17, 15) is 4.79 Å². The molecule has 2 rings (SSSR count). The fourth-order valence-electron chi connectivity index (χ4n) is 2.65. The third kappa shape index (κ3) is 3.56. The van der Waals surface area contributed by atoms with Crippen molar-refractivity contribution in [3.05, 3.63) is 18.2 Å². The molecular weight excluding hydrogens is 240 g/mol. The normalized spacial score (nSPS) is 16.5. The molecule has 1 aliphatic rings. The molecule has 0 aliphatic carbocycles. The number of aryl methyl sites for hydroxylation is 1. The van der Waals surface area contributed by atoms with Gasteiger partial charge in [0.15, 0.2) is 0 Å². The molecule has 0 unspecified atom stereocenters. The van der Waals surface area contributed by atoms with E-state index < -0.39 is 0 Å². The Bertz CT molecular complexity index is 409. The highest BCUT2D eigenvalue weighted by molar-refractivity contribution is 5.92. The molecule has 1 aromatic heterocycles. The average molecular weight is 264 g/mol. The van der Waals surface area contributed by atoms with Gasteiger partial charge in [-0.1, -0.05) is 6.92 Å². The first-order valence-electron chi connectivity index (χ1n) is 7.18. The lowest BCUT2D eigenvalue weighted by Crippen LogP contribution is -2.40. The van der Waals surface area contributed by atoms with Crippen LogP contribution >= 0.6 is 0 Å². The number of amides is 1. The molecule has 106 valence electrons. The minimum absolute atomic E-state index is 0.111. The van der Waals surface area contributed by atoms with Crippen LogP contribution in [0.3, 0.4) is 0 Å². The summed E-state index contributed by atoms with van der Waals surface area (Å²) >= 11 is 0. The van der Waals surface area contributed by atoms with Crippen molar-refractivity contribution in [1.82, 2.24) is 19.8 Å². The maximum Gasteiger partial charge on any atom is 0.272 e. The zero-order chi connectivity index (χ0) is 13.7. The summed E-state index contributed by atoms with van der Waals surface area (Å²) in [6, 6.07) is 0. The molecule has 0 bridgehead atoms. The van der Waals surface area contributed by atoms with E-state index in [2.05, 4.69) is 17.2 Å². The molecule has 5 heteroatoms. The van der Waals surface area contributed by atoms with Gasteiger partial charge in [0.05, 0.1) is 12.5 Å². The van der Waals surface area contributed by atoms with E-state index in [0.29, 0.717) is 11.6 Å². The number of hydrogen-bond donors (Lipinski definition) is 1. The van der Waals surface area contributed by atoms with Crippen LogP contribution in [0.25, 0.3) is 0 Å². The van der Waals surface area contributed by atoms with Crippen LogP contribution in [0.5, 0.6) is 0 Å². The molecule has 1 aromatic rings. The van der Waals surface area contributed by atoms with Gasteiger partial charge in [-0.2, -0.15) is 0 Å². The Morgan fingerprint density at radius 1 is 1.53 bits per heavy atom. The third-order valence-corrected chi connectivity index (χ3v) is 3.75. The maximum atomic E-state index is 12.5. The fraction of sp³-hybridized carbons (Fsp3) is 0.714. The van der Waals surface area contributed by atoms with Crippen molar-refractivity contribution in [2.24, 2.45) is 13.0 Å². The number of nitrogens with one attached hydrogen (secondary N) is 1.